The van der Waals surface area contributed by atoms with E-state index in [4.69, 9.17) is 30.4 Å². The molecule has 15 nitrogen and oxygen atoms in total. The molecule has 7 rings (SSSR count). The Balaban J connectivity index is 0.960. The molecule has 5 N–H and O–H groups in total. The number of rotatable bonds is 6. The normalized spacial score (nSPS) is 29.4. The van der Waals surface area contributed by atoms with Crippen LogP contribution in [0.1, 0.15) is 38.1 Å². The van der Waals surface area contributed by atoms with Crippen molar-refractivity contribution in [2.24, 2.45) is 5.92 Å². The van der Waals surface area contributed by atoms with Crippen LogP contribution in [0.4, 0.5) is 11.8 Å². The minimum atomic E-state index is -0.368. The second-order valence-electron chi connectivity index (χ2n) is 10.0. The maximum absolute atomic E-state index is 12.1. The SMILES string of the molecule is Nc1nc2c(ncn2C2CCC(COCC3C[C@@H]4CC(CO3)OC4n3cnc4c(N)ncnc43)O2)c(=O)[nH]1. The number of hydrogen-bond donors (Lipinski definition) is 3. The molecule has 3 aliphatic rings. The maximum atomic E-state index is 12.1. The van der Waals surface area contributed by atoms with Gasteiger partial charge in [0.1, 0.15) is 24.3 Å². The molecule has 3 aliphatic heterocycles. The zero-order valence-corrected chi connectivity index (χ0v) is 20.5. The summed E-state index contributed by atoms with van der Waals surface area (Å²) in [6, 6.07) is 0. The van der Waals surface area contributed by atoms with Crippen LogP contribution in [-0.4, -0.2) is 77.2 Å². The fraction of sp³-hybridized carbons (Fsp3) is 0.565. The number of ether oxygens (including phenoxy) is 4. The van der Waals surface area contributed by atoms with Crippen LogP contribution in [0.2, 0.25) is 0 Å². The standard InChI is InChI=1S/C23H28N10O5/c24-18-16-19(27-8-26-18)33(10-28-16)22-11-3-13(36-7-14(4-11)38-22)6-35-5-12-1-2-15(37-12)32-9-29-17-20(32)30-23(25)31-21(17)34/h8-15,22H,1-7H2,(H2,24,26,27)(H3,25,30,31,34)/t11-,12?,13?,14?,15?,22?/m1/s1. The first-order valence-corrected chi connectivity index (χ1v) is 12.7. The first kappa shape index (κ1) is 23.5. The van der Waals surface area contributed by atoms with E-state index in [9.17, 15) is 4.79 Å². The van der Waals surface area contributed by atoms with Crippen molar-refractivity contribution in [2.45, 2.75) is 56.5 Å². The van der Waals surface area contributed by atoms with Crippen molar-refractivity contribution < 1.29 is 18.9 Å². The summed E-state index contributed by atoms with van der Waals surface area (Å²) >= 11 is 0. The highest BCUT2D eigenvalue weighted by Crippen LogP contribution is 2.41. The molecule has 7 heterocycles. The van der Waals surface area contributed by atoms with Crippen molar-refractivity contribution >= 4 is 34.1 Å². The third-order valence-corrected chi connectivity index (χ3v) is 7.50. The zero-order valence-electron chi connectivity index (χ0n) is 20.5. The third-order valence-electron chi connectivity index (χ3n) is 7.50. The van der Waals surface area contributed by atoms with E-state index < -0.39 is 0 Å². The summed E-state index contributed by atoms with van der Waals surface area (Å²) in [5, 5.41) is 0. The van der Waals surface area contributed by atoms with Gasteiger partial charge in [-0.3, -0.25) is 18.9 Å². The monoisotopic (exact) mass is 524 g/mol. The van der Waals surface area contributed by atoms with Crippen molar-refractivity contribution in [3.05, 3.63) is 29.3 Å². The molecule has 0 saturated carbocycles. The Bertz CT molecular complexity index is 1530. The van der Waals surface area contributed by atoms with Crippen LogP contribution in [-0.2, 0) is 18.9 Å². The van der Waals surface area contributed by atoms with E-state index in [0.29, 0.717) is 42.4 Å². The Morgan fingerprint density at radius 2 is 1.82 bits per heavy atom. The van der Waals surface area contributed by atoms with Gasteiger partial charge in [0.25, 0.3) is 5.56 Å². The van der Waals surface area contributed by atoms with Crippen LogP contribution in [0.25, 0.3) is 22.3 Å². The van der Waals surface area contributed by atoms with Gasteiger partial charge < -0.3 is 30.4 Å². The molecular formula is C23H28N10O5. The molecule has 4 aromatic heterocycles. The number of hydrogen-bond acceptors (Lipinski definition) is 12. The van der Waals surface area contributed by atoms with Gasteiger partial charge in [0.2, 0.25) is 5.95 Å². The molecule has 200 valence electrons. The van der Waals surface area contributed by atoms with E-state index >= 15 is 0 Å². The van der Waals surface area contributed by atoms with Crippen molar-refractivity contribution in [2.75, 3.05) is 31.3 Å². The fourth-order valence-corrected chi connectivity index (χ4v) is 5.75. The van der Waals surface area contributed by atoms with E-state index in [1.54, 1.807) is 17.2 Å². The van der Waals surface area contributed by atoms with Crippen molar-refractivity contribution in [1.29, 1.82) is 0 Å². The minimum absolute atomic E-state index is 0.00504. The minimum Gasteiger partial charge on any atom is -0.382 e. The van der Waals surface area contributed by atoms with Crippen molar-refractivity contribution in [1.82, 2.24) is 39.0 Å². The quantitative estimate of drug-likeness (QED) is 0.316. The van der Waals surface area contributed by atoms with Crippen LogP contribution >= 0.6 is 0 Å². The molecule has 4 aromatic rings. The van der Waals surface area contributed by atoms with E-state index in [2.05, 4.69) is 29.9 Å². The van der Waals surface area contributed by atoms with E-state index in [0.717, 1.165) is 25.7 Å². The second-order valence-corrected chi connectivity index (χ2v) is 10.0. The predicted molar refractivity (Wildman–Crippen MR) is 133 cm³/mol. The zero-order chi connectivity index (χ0) is 25.8. The first-order chi connectivity index (χ1) is 18.5. The molecule has 15 heteroatoms. The number of nitrogens with zero attached hydrogens (tertiary/aromatic N) is 7. The maximum Gasteiger partial charge on any atom is 0.280 e. The van der Waals surface area contributed by atoms with Crippen molar-refractivity contribution in [3.8, 4) is 0 Å². The number of imidazole rings is 2. The summed E-state index contributed by atoms with van der Waals surface area (Å²) in [4.78, 5) is 35.7. The lowest BCUT2D eigenvalue weighted by molar-refractivity contribution is -0.113. The Morgan fingerprint density at radius 3 is 2.74 bits per heavy atom. The average molecular weight is 525 g/mol. The molecule has 0 aromatic carbocycles. The first-order valence-electron chi connectivity index (χ1n) is 12.7. The van der Waals surface area contributed by atoms with Crippen molar-refractivity contribution in [3.63, 3.8) is 0 Å². The molecule has 6 atom stereocenters. The number of nitrogen functional groups attached to an aromatic ring is 2. The number of aromatic amines is 1. The smallest absolute Gasteiger partial charge is 0.280 e. The summed E-state index contributed by atoms with van der Waals surface area (Å²) in [5.74, 6) is 0.633. The molecule has 3 saturated heterocycles. The molecule has 5 unspecified atom stereocenters. The average Bonchev–Trinajstić information content (AvgIpc) is 3.65. The number of fused-ring (bicyclic) bond motifs is 4. The number of H-pyrrole nitrogens is 1. The van der Waals surface area contributed by atoms with Crippen LogP contribution in [0.15, 0.2) is 23.8 Å². The largest absolute Gasteiger partial charge is 0.382 e. The molecular weight excluding hydrogens is 496 g/mol. The van der Waals surface area contributed by atoms with Gasteiger partial charge in [0, 0.05) is 5.92 Å². The van der Waals surface area contributed by atoms with E-state index in [1.807, 2.05) is 4.57 Å². The fourth-order valence-electron chi connectivity index (χ4n) is 5.75. The number of anilines is 2. The van der Waals surface area contributed by atoms with Crippen LogP contribution < -0.4 is 17.0 Å². The summed E-state index contributed by atoms with van der Waals surface area (Å²) in [7, 11) is 0. The van der Waals surface area contributed by atoms with Gasteiger partial charge in [0.15, 0.2) is 22.6 Å². The lowest BCUT2D eigenvalue weighted by Gasteiger charge is -2.27. The van der Waals surface area contributed by atoms with Gasteiger partial charge in [-0.15, -0.1) is 0 Å². The van der Waals surface area contributed by atoms with Gasteiger partial charge in [-0.05, 0) is 25.7 Å². The highest BCUT2D eigenvalue weighted by molar-refractivity contribution is 5.81. The summed E-state index contributed by atoms with van der Waals surface area (Å²) in [5.41, 5.74) is 13.2. The Morgan fingerprint density at radius 1 is 0.974 bits per heavy atom. The Labute approximate surface area is 215 Å². The number of aromatic nitrogens is 8. The van der Waals surface area contributed by atoms with E-state index in [-0.39, 0.29) is 53.7 Å². The highest BCUT2D eigenvalue weighted by Gasteiger charge is 2.41. The molecule has 3 fully saturated rings. The molecule has 0 aliphatic carbocycles. The van der Waals surface area contributed by atoms with Crippen LogP contribution in [0, 0.1) is 5.92 Å². The van der Waals surface area contributed by atoms with E-state index in [1.165, 1.54) is 6.33 Å². The van der Waals surface area contributed by atoms with Gasteiger partial charge >= 0.3 is 0 Å². The van der Waals surface area contributed by atoms with Crippen LogP contribution in [0.3, 0.4) is 0 Å². The molecule has 2 bridgehead atoms. The number of nitrogens with one attached hydrogen (secondary N) is 1. The van der Waals surface area contributed by atoms with Gasteiger partial charge in [-0.2, -0.15) is 4.98 Å². The van der Waals surface area contributed by atoms with Gasteiger partial charge in [-0.1, -0.05) is 0 Å². The molecule has 0 spiro atoms. The highest BCUT2D eigenvalue weighted by atomic mass is 16.6. The second kappa shape index (κ2) is 9.27. The van der Waals surface area contributed by atoms with Crippen LogP contribution in [0.5, 0.6) is 0 Å². The molecule has 38 heavy (non-hydrogen) atoms. The Hall–Kier alpha value is -3.66. The lowest BCUT2D eigenvalue weighted by atomic mass is 9.97. The van der Waals surface area contributed by atoms with Gasteiger partial charge in [0.05, 0.1) is 50.8 Å². The summed E-state index contributed by atoms with van der Waals surface area (Å²) in [6.45, 7) is 1.41. The molecule has 0 amide bonds. The third kappa shape index (κ3) is 4.07. The summed E-state index contributed by atoms with van der Waals surface area (Å²) < 4.78 is 28.3. The predicted octanol–water partition coefficient (Wildman–Crippen LogP) is 0.511. The van der Waals surface area contributed by atoms with Gasteiger partial charge in [-0.25, -0.2) is 19.9 Å². The lowest BCUT2D eigenvalue weighted by Crippen LogP contribution is -2.30. The number of nitrogens with two attached hydrogens (primary N) is 2. The Kier molecular flexibility index (Phi) is 5.72. The summed E-state index contributed by atoms with van der Waals surface area (Å²) in [6.07, 6.45) is 7.38. The topological polar surface area (TPSA) is 196 Å². The molecule has 0 radical (unpaired) electrons.